The molecule has 1 saturated carbocycles. The minimum Gasteiger partial charge on any atom is -0.444 e. The van der Waals surface area contributed by atoms with E-state index in [9.17, 15) is 9.59 Å². The maximum atomic E-state index is 12.4. The third kappa shape index (κ3) is 2.67. The number of amides is 1. The van der Waals surface area contributed by atoms with E-state index in [-0.39, 0.29) is 11.9 Å². The van der Waals surface area contributed by atoms with Gasteiger partial charge in [-0.05, 0) is 42.5 Å². The molecule has 0 spiro atoms. The van der Waals surface area contributed by atoms with Crippen molar-refractivity contribution in [2.24, 2.45) is 0 Å². The van der Waals surface area contributed by atoms with Crippen molar-refractivity contribution in [3.8, 4) is 0 Å². The first-order valence-electron chi connectivity index (χ1n) is 7.97. The van der Waals surface area contributed by atoms with Crippen LogP contribution in [0.25, 0.3) is 0 Å². The van der Waals surface area contributed by atoms with Gasteiger partial charge in [-0.2, -0.15) is 0 Å². The highest BCUT2D eigenvalue weighted by atomic mass is 35.5. The monoisotopic (exact) mass is 341 g/mol. The summed E-state index contributed by atoms with van der Waals surface area (Å²) in [6.07, 6.45) is 0.939. The first kappa shape index (κ1) is 15.2. The highest BCUT2D eigenvalue weighted by Crippen LogP contribution is 2.38. The summed E-state index contributed by atoms with van der Waals surface area (Å²) < 4.78 is 5.22. The minimum absolute atomic E-state index is 0.115. The summed E-state index contributed by atoms with van der Waals surface area (Å²) in [5, 5.41) is 3.72. The van der Waals surface area contributed by atoms with Crippen LogP contribution in [0.2, 0.25) is 5.02 Å². The Balaban J connectivity index is 1.37. The molecule has 0 saturated heterocycles. The number of benzene rings is 2. The van der Waals surface area contributed by atoms with Gasteiger partial charge < -0.3 is 10.1 Å². The van der Waals surface area contributed by atoms with Crippen molar-refractivity contribution in [1.29, 1.82) is 0 Å². The average molecular weight is 342 g/mol. The minimum atomic E-state index is -0.830. The Morgan fingerprint density at radius 1 is 1.08 bits per heavy atom. The summed E-state index contributed by atoms with van der Waals surface area (Å²) in [6.45, 7) is 0. The lowest BCUT2D eigenvalue weighted by Crippen LogP contribution is -2.45. The molecular formula is C19H16ClNO3. The summed E-state index contributed by atoms with van der Waals surface area (Å²) in [5.74, 6) is -0.239. The van der Waals surface area contributed by atoms with Crippen LogP contribution in [0, 0.1) is 0 Å². The SMILES string of the molecule is O=C1OC(C(=O)NC2CC(c3ccc(Cl)cc3)C2)c2ccccc21. The number of cyclic esters (lactones) is 1. The first-order chi connectivity index (χ1) is 11.6. The quantitative estimate of drug-likeness (QED) is 0.868. The van der Waals surface area contributed by atoms with Crippen molar-refractivity contribution in [3.63, 3.8) is 0 Å². The van der Waals surface area contributed by atoms with Crippen LogP contribution in [0.4, 0.5) is 0 Å². The topological polar surface area (TPSA) is 55.4 Å². The number of esters is 1. The van der Waals surface area contributed by atoms with Gasteiger partial charge in [0.15, 0.2) is 0 Å². The summed E-state index contributed by atoms with van der Waals surface area (Å²) in [7, 11) is 0. The van der Waals surface area contributed by atoms with Gasteiger partial charge in [-0.3, -0.25) is 4.79 Å². The second kappa shape index (κ2) is 5.95. The van der Waals surface area contributed by atoms with Crippen LogP contribution in [0.1, 0.15) is 46.3 Å². The molecule has 1 amide bonds. The fourth-order valence-corrected chi connectivity index (χ4v) is 3.49. The van der Waals surface area contributed by atoms with E-state index in [4.69, 9.17) is 16.3 Å². The molecule has 5 heteroatoms. The number of hydrogen-bond acceptors (Lipinski definition) is 3. The van der Waals surface area contributed by atoms with E-state index in [0.717, 1.165) is 17.9 Å². The van der Waals surface area contributed by atoms with Crippen molar-refractivity contribution >= 4 is 23.5 Å². The van der Waals surface area contributed by atoms with Crippen molar-refractivity contribution in [2.45, 2.75) is 30.9 Å². The summed E-state index contributed by atoms with van der Waals surface area (Å²) in [5.41, 5.74) is 2.36. The van der Waals surface area contributed by atoms with E-state index in [0.29, 0.717) is 17.0 Å². The van der Waals surface area contributed by atoms with Gasteiger partial charge in [-0.15, -0.1) is 0 Å². The maximum absolute atomic E-state index is 12.4. The van der Waals surface area contributed by atoms with E-state index < -0.39 is 12.1 Å². The first-order valence-corrected chi connectivity index (χ1v) is 8.35. The summed E-state index contributed by atoms with van der Waals surface area (Å²) in [4.78, 5) is 24.2. The molecule has 1 unspecified atom stereocenters. The zero-order valence-corrected chi connectivity index (χ0v) is 13.6. The highest BCUT2D eigenvalue weighted by Gasteiger charge is 2.38. The predicted molar refractivity (Wildman–Crippen MR) is 90.0 cm³/mol. The van der Waals surface area contributed by atoms with Crippen LogP contribution < -0.4 is 5.32 Å². The second-order valence-electron chi connectivity index (χ2n) is 6.30. The molecule has 1 N–H and O–H groups in total. The van der Waals surface area contributed by atoms with Crippen molar-refractivity contribution < 1.29 is 14.3 Å². The molecule has 0 radical (unpaired) electrons. The fraction of sp³-hybridized carbons (Fsp3) is 0.263. The van der Waals surface area contributed by atoms with Gasteiger partial charge in [-0.25, -0.2) is 4.79 Å². The number of nitrogens with one attached hydrogen (secondary N) is 1. The normalized spacial score (nSPS) is 24.7. The standard InChI is InChI=1S/C19H16ClNO3/c20-13-7-5-11(6-8-13)12-9-14(10-12)21-18(22)17-15-3-1-2-4-16(15)19(23)24-17/h1-8,12,14,17H,9-10H2,(H,21,22). The van der Waals surface area contributed by atoms with Crippen molar-refractivity contribution in [3.05, 3.63) is 70.2 Å². The van der Waals surface area contributed by atoms with Gasteiger partial charge in [0, 0.05) is 16.6 Å². The molecule has 2 aliphatic rings. The molecule has 122 valence electrons. The molecule has 0 aromatic heterocycles. The summed E-state index contributed by atoms with van der Waals surface area (Å²) >= 11 is 5.90. The molecule has 1 aliphatic heterocycles. The zero-order chi connectivity index (χ0) is 16.7. The maximum Gasteiger partial charge on any atom is 0.339 e. The zero-order valence-electron chi connectivity index (χ0n) is 12.9. The molecule has 1 fully saturated rings. The predicted octanol–water partition coefficient (Wildman–Crippen LogP) is 3.61. The van der Waals surface area contributed by atoms with Crippen LogP contribution in [-0.4, -0.2) is 17.9 Å². The van der Waals surface area contributed by atoms with Crippen molar-refractivity contribution in [2.75, 3.05) is 0 Å². The molecule has 4 rings (SSSR count). The number of carbonyl (C=O) groups excluding carboxylic acids is 2. The molecule has 24 heavy (non-hydrogen) atoms. The Labute approximate surface area is 144 Å². The third-order valence-corrected chi connectivity index (χ3v) is 5.00. The molecule has 2 aromatic carbocycles. The Bertz CT molecular complexity index is 797. The molecule has 4 nitrogen and oxygen atoms in total. The fourth-order valence-electron chi connectivity index (χ4n) is 3.36. The van der Waals surface area contributed by atoms with Crippen LogP contribution in [0.3, 0.4) is 0 Å². The molecule has 1 heterocycles. The largest absolute Gasteiger partial charge is 0.444 e. The van der Waals surface area contributed by atoms with E-state index in [2.05, 4.69) is 5.32 Å². The number of carbonyl (C=O) groups is 2. The number of rotatable bonds is 3. The molecular weight excluding hydrogens is 326 g/mol. The van der Waals surface area contributed by atoms with Gasteiger partial charge in [0.25, 0.3) is 5.91 Å². The Kier molecular flexibility index (Phi) is 3.77. The van der Waals surface area contributed by atoms with Crippen LogP contribution in [0.5, 0.6) is 0 Å². The van der Waals surface area contributed by atoms with Crippen LogP contribution in [-0.2, 0) is 9.53 Å². The van der Waals surface area contributed by atoms with Gasteiger partial charge in [0.2, 0.25) is 6.10 Å². The smallest absolute Gasteiger partial charge is 0.339 e. The Hall–Kier alpha value is -2.33. The average Bonchev–Trinajstić information content (AvgIpc) is 2.89. The number of fused-ring (bicyclic) bond motifs is 1. The van der Waals surface area contributed by atoms with Crippen molar-refractivity contribution in [1.82, 2.24) is 5.32 Å². The van der Waals surface area contributed by atoms with E-state index in [1.54, 1.807) is 24.3 Å². The Morgan fingerprint density at radius 2 is 1.79 bits per heavy atom. The summed E-state index contributed by atoms with van der Waals surface area (Å²) in [6, 6.07) is 15.0. The van der Waals surface area contributed by atoms with Crippen LogP contribution >= 0.6 is 11.6 Å². The Morgan fingerprint density at radius 3 is 2.54 bits per heavy atom. The van der Waals surface area contributed by atoms with E-state index in [1.165, 1.54) is 5.56 Å². The van der Waals surface area contributed by atoms with Gasteiger partial charge in [-0.1, -0.05) is 41.9 Å². The van der Waals surface area contributed by atoms with Gasteiger partial charge in [0.1, 0.15) is 0 Å². The lowest BCUT2D eigenvalue weighted by Gasteiger charge is -2.36. The molecule has 1 aliphatic carbocycles. The van der Waals surface area contributed by atoms with Gasteiger partial charge >= 0.3 is 5.97 Å². The van der Waals surface area contributed by atoms with Crippen LogP contribution in [0.15, 0.2) is 48.5 Å². The number of halogens is 1. The van der Waals surface area contributed by atoms with Gasteiger partial charge in [0.05, 0.1) is 5.56 Å². The second-order valence-corrected chi connectivity index (χ2v) is 6.73. The number of hydrogen-bond donors (Lipinski definition) is 1. The van der Waals surface area contributed by atoms with E-state index >= 15 is 0 Å². The molecule has 2 aromatic rings. The number of ether oxygens (including phenoxy) is 1. The molecule has 1 atom stereocenters. The van der Waals surface area contributed by atoms with E-state index in [1.807, 2.05) is 24.3 Å². The lowest BCUT2D eigenvalue weighted by molar-refractivity contribution is -0.131. The third-order valence-electron chi connectivity index (χ3n) is 4.75. The highest BCUT2D eigenvalue weighted by molar-refractivity contribution is 6.30. The lowest BCUT2D eigenvalue weighted by atomic mass is 9.76. The molecule has 0 bridgehead atoms.